The second-order valence-electron chi connectivity index (χ2n) is 11.2. The van der Waals surface area contributed by atoms with Gasteiger partial charge in [-0.1, -0.05) is 28.4 Å². The van der Waals surface area contributed by atoms with Gasteiger partial charge in [-0.15, -0.1) is 11.3 Å². The van der Waals surface area contributed by atoms with E-state index in [0.29, 0.717) is 38.5 Å². The van der Waals surface area contributed by atoms with Gasteiger partial charge in [0.1, 0.15) is 37.6 Å². The first-order chi connectivity index (χ1) is 19.6. The number of nitrogens with zero attached hydrogens (tertiary/aromatic N) is 3. The zero-order chi connectivity index (χ0) is 28.6. The number of aromatic carboxylic acids is 1. The number of halogens is 3. The number of rotatable bonds is 7. The highest BCUT2D eigenvalue weighted by atomic mass is 35.5. The molecule has 9 nitrogen and oxygen atoms in total. The number of carbonyl (C=O) groups is 1. The van der Waals surface area contributed by atoms with Crippen molar-refractivity contribution in [3.8, 4) is 11.3 Å². The number of carboxylic acids is 1. The third-order valence-corrected chi connectivity index (χ3v) is 10.4. The Morgan fingerprint density at radius 3 is 2.51 bits per heavy atom. The van der Waals surface area contributed by atoms with Crippen LogP contribution in [0.5, 0.6) is 0 Å². The quantitative estimate of drug-likeness (QED) is 0.184. The van der Waals surface area contributed by atoms with Crippen molar-refractivity contribution in [3.05, 3.63) is 67.5 Å². The summed E-state index contributed by atoms with van der Waals surface area (Å²) in [5.41, 5.74) is 0.316. The minimum absolute atomic E-state index is 0.0783. The Labute approximate surface area is 247 Å². The summed E-state index contributed by atoms with van der Waals surface area (Å²) in [6.07, 6.45) is 6.95. The zero-order valence-corrected chi connectivity index (χ0v) is 23.8. The summed E-state index contributed by atoms with van der Waals surface area (Å²) >= 11 is 13.9. The second kappa shape index (κ2) is 9.88. The van der Waals surface area contributed by atoms with Gasteiger partial charge in [-0.2, -0.15) is 4.73 Å². The molecule has 4 atom stereocenters. The van der Waals surface area contributed by atoms with E-state index in [9.17, 15) is 24.6 Å². The van der Waals surface area contributed by atoms with E-state index in [1.54, 1.807) is 0 Å². The average molecular weight is 620 g/mol. The third kappa shape index (κ3) is 4.49. The molecule has 3 aromatic heterocycles. The maximum Gasteiger partial charge on any atom is 0.335 e. The number of aromatic nitrogens is 3. The fraction of sp³-hybridized carbons (Fsp3) is 0.429. The lowest BCUT2D eigenvalue weighted by Gasteiger charge is -2.41. The smallest absolute Gasteiger partial charge is 0.335 e. The van der Waals surface area contributed by atoms with Gasteiger partial charge >= 0.3 is 5.97 Å². The molecule has 0 spiro atoms. The van der Waals surface area contributed by atoms with Crippen molar-refractivity contribution in [1.29, 1.82) is 0 Å². The Bertz CT molecular complexity index is 1670. The normalized spacial score (nSPS) is 25.7. The van der Waals surface area contributed by atoms with Crippen molar-refractivity contribution in [2.75, 3.05) is 0 Å². The van der Waals surface area contributed by atoms with E-state index in [2.05, 4.69) is 10.1 Å². The van der Waals surface area contributed by atoms with Crippen LogP contribution in [0.3, 0.4) is 0 Å². The molecule has 0 aliphatic heterocycles. The van der Waals surface area contributed by atoms with Crippen LogP contribution < -0.4 is 4.73 Å². The third-order valence-electron chi connectivity index (χ3n) is 8.67. The highest BCUT2D eigenvalue weighted by molar-refractivity contribution is 7.18. The molecule has 3 saturated carbocycles. The van der Waals surface area contributed by atoms with E-state index in [-0.39, 0.29) is 51.6 Å². The van der Waals surface area contributed by atoms with E-state index in [1.165, 1.54) is 18.5 Å². The standard InChI is InChI=1S/C28H24Cl2FN3O6S/c29-18-9-34(38)10-19(30)22(18)23-17(25(40-33-23)12-1-2-12)11-39-16-7-14-3-4-15(8-16)28(14,37)27-32-24-20(31)5-13(26(35)36)6-21(24)41-27/h5-6,9-10,12,14-16,37H,1-4,7-8,11H2,(H,35,36)/t14-,15+,16?,28?. The van der Waals surface area contributed by atoms with E-state index < -0.39 is 17.4 Å². The molecule has 7 rings (SSSR count). The summed E-state index contributed by atoms with van der Waals surface area (Å²) in [6.45, 7) is 0.205. The van der Waals surface area contributed by atoms with Crippen LogP contribution in [0, 0.1) is 22.9 Å². The Morgan fingerprint density at radius 1 is 1.20 bits per heavy atom. The average Bonchev–Trinajstić information content (AvgIpc) is 3.49. The molecule has 2 unspecified atom stereocenters. The number of hydrogen-bond donors (Lipinski definition) is 2. The number of thiazole rings is 1. The van der Waals surface area contributed by atoms with E-state index in [0.717, 1.165) is 54.4 Å². The first-order valence-corrected chi connectivity index (χ1v) is 14.9. The molecule has 0 saturated heterocycles. The molecule has 1 aromatic carbocycles. The molecule has 3 fully saturated rings. The molecule has 214 valence electrons. The lowest BCUT2D eigenvalue weighted by Crippen LogP contribution is -2.44. The van der Waals surface area contributed by atoms with Crippen LogP contribution in [0.2, 0.25) is 10.0 Å². The molecule has 2 N–H and O–H groups in total. The zero-order valence-electron chi connectivity index (χ0n) is 21.5. The van der Waals surface area contributed by atoms with Crippen LogP contribution in [0.15, 0.2) is 29.0 Å². The van der Waals surface area contributed by atoms with Crippen LogP contribution >= 0.6 is 34.5 Å². The largest absolute Gasteiger partial charge is 0.619 e. The van der Waals surface area contributed by atoms with Gasteiger partial charge in [-0.05, 0) is 62.5 Å². The molecule has 3 heterocycles. The van der Waals surface area contributed by atoms with Gasteiger partial charge in [0.2, 0.25) is 0 Å². The van der Waals surface area contributed by atoms with Crippen molar-refractivity contribution in [2.24, 2.45) is 11.8 Å². The van der Waals surface area contributed by atoms with Gasteiger partial charge in [-0.3, -0.25) is 0 Å². The van der Waals surface area contributed by atoms with E-state index in [1.807, 2.05) is 0 Å². The number of carboxylic acid groups (broad SMARTS) is 1. The SMILES string of the molecule is O=C(O)c1cc(F)c2nc(C3(O)[C@@H]4CC[C@H]3CC(OCc3c(-c5c(Cl)c[n+]([O-])cc5Cl)noc3C3CC3)C4)sc2c1. The Morgan fingerprint density at radius 2 is 1.88 bits per heavy atom. The summed E-state index contributed by atoms with van der Waals surface area (Å²) in [7, 11) is 0. The first-order valence-electron chi connectivity index (χ1n) is 13.4. The maximum absolute atomic E-state index is 14.7. The maximum atomic E-state index is 14.7. The van der Waals surface area contributed by atoms with Crippen LogP contribution in [0.25, 0.3) is 21.5 Å². The number of ether oxygens (including phenoxy) is 1. The van der Waals surface area contributed by atoms with Crippen LogP contribution in [0.1, 0.15) is 71.1 Å². The Balaban J connectivity index is 1.14. The topological polar surface area (TPSA) is 133 Å². The van der Waals surface area contributed by atoms with Crippen molar-refractivity contribution >= 4 is 50.7 Å². The van der Waals surface area contributed by atoms with Crippen LogP contribution in [0.4, 0.5) is 4.39 Å². The number of benzene rings is 1. The number of pyridine rings is 1. The molecule has 0 radical (unpaired) electrons. The fourth-order valence-corrected chi connectivity index (χ4v) is 8.42. The minimum Gasteiger partial charge on any atom is -0.619 e. The summed E-state index contributed by atoms with van der Waals surface area (Å²) < 4.78 is 27.8. The van der Waals surface area contributed by atoms with Gasteiger partial charge < -0.3 is 24.7 Å². The molecular formula is C28H24Cl2FN3O6S. The van der Waals surface area contributed by atoms with E-state index >= 15 is 0 Å². The monoisotopic (exact) mass is 619 g/mol. The van der Waals surface area contributed by atoms with Crippen molar-refractivity contribution in [1.82, 2.24) is 10.1 Å². The second-order valence-corrected chi connectivity index (χ2v) is 13.0. The van der Waals surface area contributed by atoms with Gasteiger partial charge in [0.25, 0.3) is 0 Å². The number of aliphatic hydroxyl groups is 1. The fourth-order valence-electron chi connectivity index (χ4n) is 6.53. The molecule has 3 aliphatic carbocycles. The molecule has 3 aliphatic rings. The van der Waals surface area contributed by atoms with Crippen molar-refractivity contribution in [2.45, 2.75) is 62.8 Å². The number of fused-ring (bicyclic) bond motifs is 3. The van der Waals surface area contributed by atoms with Gasteiger partial charge in [0.15, 0.2) is 18.2 Å². The van der Waals surface area contributed by atoms with Crippen molar-refractivity contribution < 1.29 is 33.4 Å². The molecule has 0 amide bonds. The highest BCUT2D eigenvalue weighted by Gasteiger charge is 2.56. The Kier molecular flexibility index (Phi) is 6.51. The summed E-state index contributed by atoms with van der Waals surface area (Å²) in [5.74, 6) is -1.25. The lowest BCUT2D eigenvalue weighted by molar-refractivity contribution is -0.605. The molecule has 4 aromatic rings. The van der Waals surface area contributed by atoms with Crippen LogP contribution in [-0.2, 0) is 16.9 Å². The molecule has 41 heavy (non-hydrogen) atoms. The van der Waals surface area contributed by atoms with Gasteiger partial charge in [0, 0.05) is 11.5 Å². The summed E-state index contributed by atoms with van der Waals surface area (Å²) in [6, 6.07) is 2.36. The summed E-state index contributed by atoms with van der Waals surface area (Å²) in [4.78, 5) is 15.8. The Hall–Kier alpha value is -2.83. The predicted molar refractivity (Wildman–Crippen MR) is 147 cm³/mol. The molecule has 13 heteroatoms. The van der Waals surface area contributed by atoms with Crippen LogP contribution in [-0.4, -0.2) is 32.4 Å². The highest BCUT2D eigenvalue weighted by Crippen LogP contribution is 2.57. The molecule has 2 bridgehead atoms. The van der Waals surface area contributed by atoms with E-state index in [4.69, 9.17) is 32.5 Å². The van der Waals surface area contributed by atoms with Crippen molar-refractivity contribution in [3.63, 3.8) is 0 Å². The lowest BCUT2D eigenvalue weighted by atomic mass is 9.73. The van der Waals surface area contributed by atoms with Gasteiger partial charge in [-0.25, -0.2) is 14.2 Å². The first kappa shape index (κ1) is 27.0. The predicted octanol–water partition coefficient (Wildman–Crippen LogP) is 6.20. The summed E-state index contributed by atoms with van der Waals surface area (Å²) in [5, 5.41) is 38.0. The molecular weight excluding hydrogens is 596 g/mol. The number of hydrogen-bond acceptors (Lipinski definition) is 8. The minimum atomic E-state index is -1.24. The van der Waals surface area contributed by atoms with Gasteiger partial charge in [0.05, 0.1) is 28.5 Å².